The lowest BCUT2D eigenvalue weighted by molar-refractivity contribution is 0.102. The first kappa shape index (κ1) is 15.8. The van der Waals surface area contributed by atoms with Crippen LogP contribution < -0.4 is 5.32 Å². The Labute approximate surface area is 146 Å². The van der Waals surface area contributed by atoms with Crippen LogP contribution in [0.3, 0.4) is 0 Å². The molecule has 0 saturated carbocycles. The van der Waals surface area contributed by atoms with Crippen molar-refractivity contribution < 1.29 is 4.79 Å². The van der Waals surface area contributed by atoms with E-state index >= 15 is 0 Å². The van der Waals surface area contributed by atoms with Gasteiger partial charge in [0.25, 0.3) is 5.91 Å². The number of halogens is 2. The Morgan fingerprint density at radius 3 is 2.65 bits per heavy atom. The van der Waals surface area contributed by atoms with Crippen LogP contribution in [0.2, 0.25) is 5.02 Å². The number of hydrogen-bond acceptors (Lipinski definition) is 3. The van der Waals surface area contributed by atoms with Gasteiger partial charge in [-0.15, -0.1) is 0 Å². The molecule has 0 radical (unpaired) electrons. The zero-order valence-electron chi connectivity index (χ0n) is 12.2. The number of anilines is 1. The highest BCUT2D eigenvalue weighted by atomic mass is 79.9. The molecule has 0 aliphatic heterocycles. The smallest absolute Gasteiger partial charge is 0.278 e. The third-order valence-electron chi connectivity index (χ3n) is 3.14. The van der Waals surface area contributed by atoms with E-state index in [4.69, 9.17) is 11.6 Å². The van der Waals surface area contributed by atoms with Crippen molar-refractivity contribution in [2.45, 2.75) is 6.54 Å². The van der Waals surface area contributed by atoms with Gasteiger partial charge in [-0.1, -0.05) is 41.9 Å². The fourth-order valence-electron chi connectivity index (χ4n) is 2.11. The largest absolute Gasteiger partial charge is 0.302 e. The summed E-state index contributed by atoms with van der Waals surface area (Å²) in [6, 6.07) is 9.87. The highest BCUT2D eigenvalue weighted by Crippen LogP contribution is 2.22. The van der Waals surface area contributed by atoms with E-state index in [1.165, 1.54) is 0 Å². The summed E-state index contributed by atoms with van der Waals surface area (Å²) in [7, 11) is 1.74. The first-order valence-electron chi connectivity index (χ1n) is 6.80. The molecular formula is C15H13BrClN5O. The summed E-state index contributed by atoms with van der Waals surface area (Å²) >= 11 is 9.45. The molecule has 0 spiro atoms. The molecule has 0 unspecified atom stereocenters. The zero-order valence-corrected chi connectivity index (χ0v) is 14.5. The fraction of sp³-hybridized carbons (Fsp3) is 0.133. The lowest BCUT2D eigenvalue weighted by Crippen LogP contribution is -2.14. The van der Waals surface area contributed by atoms with Crippen LogP contribution in [0.5, 0.6) is 0 Å². The lowest BCUT2D eigenvalue weighted by atomic mass is 10.2. The quantitative estimate of drug-likeness (QED) is 0.738. The minimum Gasteiger partial charge on any atom is -0.302 e. The molecule has 0 atom stereocenters. The van der Waals surface area contributed by atoms with E-state index in [0.717, 1.165) is 5.56 Å². The van der Waals surface area contributed by atoms with Crippen LogP contribution in [0, 0.1) is 0 Å². The predicted octanol–water partition coefficient (Wildman–Crippen LogP) is 3.33. The van der Waals surface area contributed by atoms with Crippen molar-refractivity contribution >= 4 is 39.3 Å². The maximum atomic E-state index is 12.2. The number of aryl methyl sites for hydroxylation is 1. The van der Waals surface area contributed by atoms with Gasteiger partial charge in [0.15, 0.2) is 11.5 Å². The van der Waals surface area contributed by atoms with Crippen molar-refractivity contribution in [2.24, 2.45) is 7.05 Å². The van der Waals surface area contributed by atoms with Gasteiger partial charge in [-0.05, 0) is 21.5 Å². The average molecular weight is 395 g/mol. The van der Waals surface area contributed by atoms with Crippen LogP contribution in [0.25, 0.3) is 0 Å². The molecule has 0 bridgehead atoms. The molecule has 1 N–H and O–H groups in total. The van der Waals surface area contributed by atoms with Crippen LogP contribution in [0.15, 0.2) is 47.2 Å². The summed E-state index contributed by atoms with van der Waals surface area (Å²) in [5.41, 5.74) is 1.37. The summed E-state index contributed by atoms with van der Waals surface area (Å²) < 4.78 is 3.84. The van der Waals surface area contributed by atoms with Gasteiger partial charge in [-0.2, -0.15) is 10.2 Å². The van der Waals surface area contributed by atoms with E-state index in [2.05, 4.69) is 31.4 Å². The van der Waals surface area contributed by atoms with Gasteiger partial charge in [0, 0.05) is 19.4 Å². The molecule has 0 fully saturated rings. The van der Waals surface area contributed by atoms with Crippen molar-refractivity contribution in [2.75, 3.05) is 5.32 Å². The zero-order chi connectivity index (χ0) is 16.4. The van der Waals surface area contributed by atoms with Gasteiger partial charge in [0.2, 0.25) is 0 Å². The van der Waals surface area contributed by atoms with E-state index in [9.17, 15) is 4.79 Å². The monoisotopic (exact) mass is 393 g/mol. The second-order valence-corrected chi connectivity index (χ2v) is 6.22. The number of hydrogen-bond donors (Lipinski definition) is 1. The molecule has 23 heavy (non-hydrogen) atoms. The Morgan fingerprint density at radius 2 is 2.00 bits per heavy atom. The molecule has 0 aliphatic rings. The van der Waals surface area contributed by atoms with Gasteiger partial charge < -0.3 is 5.32 Å². The normalized spacial score (nSPS) is 10.7. The number of nitrogens with zero attached hydrogens (tertiary/aromatic N) is 4. The number of carbonyl (C=O) groups is 1. The van der Waals surface area contributed by atoms with Crippen LogP contribution in [-0.4, -0.2) is 25.5 Å². The molecule has 118 valence electrons. The molecule has 2 aromatic heterocycles. The minimum atomic E-state index is -0.371. The molecular weight excluding hydrogens is 382 g/mol. The molecule has 3 rings (SSSR count). The second-order valence-electron chi connectivity index (χ2n) is 4.96. The van der Waals surface area contributed by atoms with E-state index < -0.39 is 0 Å². The van der Waals surface area contributed by atoms with Gasteiger partial charge in [0.05, 0.1) is 11.0 Å². The standard InChI is InChI=1S/C15H13BrClN5O/c1-21-8-11(16)13(19-21)15(23)18-14-12(17)9-22(20-14)7-10-5-3-2-4-6-10/h2-6,8-9H,7H2,1H3,(H,18,20,23). The van der Waals surface area contributed by atoms with Crippen LogP contribution in [-0.2, 0) is 13.6 Å². The van der Waals surface area contributed by atoms with Gasteiger partial charge in [-0.3, -0.25) is 14.2 Å². The molecule has 8 heteroatoms. The molecule has 2 heterocycles. The third-order valence-corrected chi connectivity index (χ3v) is 3.99. The maximum absolute atomic E-state index is 12.2. The Morgan fingerprint density at radius 1 is 1.26 bits per heavy atom. The van der Waals surface area contributed by atoms with Crippen LogP contribution >= 0.6 is 27.5 Å². The summed E-state index contributed by atoms with van der Waals surface area (Å²) in [6.07, 6.45) is 3.38. The minimum absolute atomic E-state index is 0.279. The van der Waals surface area contributed by atoms with Crippen molar-refractivity contribution in [3.63, 3.8) is 0 Å². The van der Waals surface area contributed by atoms with Gasteiger partial charge >= 0.3 is 0 Å². The van der Waals surface area contributed by atoms with E-state index in [1.807, 2.05) is 30.3 Å². The maximum Gasteiger partial charge on any atom is 0.278 e. The molecule has 0 saturated heterocycles. The van der Waals surface area contributed by atoms with Crippen LogP contribution in [0.1, 0.15) is 16.1 Å². The first-order chi connectivity index (χ1) is 11.0. The summed E-state index contributed by atoms with van der Waals surface area (Å²) in [4.78, 5) is 12.2. The molecule has 1 amide bonds. The Bertz CT molecular complexity index is 843. The topological polar surface area (TPSA) is 64.7 Å². The van der Waals surface area contributed by atoms with Gasteiger partial charge in [-0.25, -0.2) is 0 Å². The Kier molecular flexibility index (Phi) is 4.49. The number of aromatic nitrogens is 4. The predicted molar refractivity (Wildman–Crippen MR) is 91.6 cm³/mol. The number of nitrogens with one attached hydrogen (secondary N) is 1. The molecule has 1 aromatic carbocycles. The lowest BCUT2D eigenvalue weighted by Gasteiger charge is -2.02. The number of amides is 1. The van der Waals surface area contributed by atoms with Crippen molar-refractivity contribution in [1.82, 2.24) is 19.6 Å². The number of benzene rings is 1. The highest BCUT2D eigenvalue weighted by molar-refractivity contribution is 9.10. The first-order valence-corrected chi connectivity index (χ1v) is 7.97. The molecule has 0 aliphatic carbocycles. The highest BCUT2D eigenvalue weighted by Gasteiger charge is 2.17. The third kappa shape index (κ3) is 3.62. The summed E-state index contributed by atoms with van der Waals surface area (Å²) in [5, 5.41) is 11.5. The molecule has 3 aromatic rings. The van der Waals surface area contributed by atoms with E-state index in [1.54, 1.807) is 28.8 Å². The number of rotatable bonds is 4. The summed E-state index contributed by atoms with van der Waals surface area (Å²) in [6.45, 7) is 0.573. The van der Waals surface area contributed by atoms with E-state index in [0.29, 0.717) is 21.9 Å². The second kappa shape index (κ2) is 6.55. The van der Waals surface area contributed by atoms with E-state index in [-0.39, 0.29) is 11.6 Å². The van der Waals surface area contributed by atoms with Crippen molar-refractivity contribution in [3.05, 3.63) is 63.5 Å². The van der Waals surface area contributed by atoms with Crippen LogP contribution in [0.4, 0.5) is 5.82 Å². The average Bonchev–Trinajstić information content (AvgIpc) is 3.02. The fourth-order valence-corrected chi connectivity index (χ4v) is 2.87. The number of carbonyl (C=O) groups excluding carboxylic acids is 1. The summed E-state index contributed by atoms with van der Waals surface area (Å²) in [5.74, 6) is -0.0607. The SMILES string of the molecule is Cn1cc(Br)c(C(=O)Nc2nn(Cc3ccccc3)cc2Cl)n1. The van der Waals surface area contributed by atoms with Gasteiger partial charge in [0.1, 0.15) is 5.02 Å². The molecule has 6 nitrogen and oxygen atoms in total. The van der Waals surface area contributed by atoms with Crippen molar-refractivity contribution in [3.8, 4) is 0 Å². The Hall–Kier alpha value is -2.12. The van der Waals surface area contributed by atoms with Crippen molar-refractivity contribution in [1.29, 1.82) is 0 Å². The Balaban J connectivity index is 1.76.